The maximum Gasteiger partial charge on any atom is 0.415 e. The summed E-state index contributed by atoms with van der Waals surface area (Å²) < 4.78 is 5.67. The van der Waals surface area contributed by atoms with E-state index < -0.39 is 19.6 Å². The summed E-state index contributed by atoms with van der Waals surface area (Å²) in [6, 6.07) is 10.3. The zero-order valence-corrected chi connectivity index (χ0v) is 15.6. The van der Waals surface area contributed by atoms with Gasteiger partial charge in [0.2, 0.25) is 0 Å². The summed E-state index contributed by atoms with van der Waals surface area (Å²) in [5, 5.41) is 0. The summed E-state index contributed by atoms with van der Waals surface area (Å²) >= 11 is 0. The molecule has 2 rings (SSSR count). The fourth-order valence-corrected chi connectivity index (χ4v) is 3.65. The Morgan fingerprint density at radius 1 is 1.38 bits per heavy atom. The van der Waals surface area contributed by atoms with E-state index in [1.54, 1.807) is 0 Å². The van der Waals surface area contributed by atoms with Gasteiger partial charge in [-0.15, -0.1) is 5.54 Å². The average molecular weight is 340 g/mol. The molecular formula is C19H24N2O2Si. The van der Waals surface area contributed by atoms with Gasteiger partial charge in [0, 0.05) is 6.42 Å². The topological polar surface area (TPSA) is 62.7 Å². The molecule has 126 valence electrons. The number of carbonyl (C=O) groups excluding carboxylic acids is 1. The lowest BCUT2D eigenvalue weighted by molar-refractivity contribution is -0.151. The first-order chi connectivity index (χ1) is 11.3. The van der Waals surface area contributed by atoms with Crippen molar-refractivity contribution in [3.63, 3.8) is 0 Å². The largest absolute Gasteiger partial charge is 0.437 e. The van der Waals surface area contributed by atoms with Crippen LogP contribution in [0.25, 0.3) is 5.53 Å². The summed E-state index contributed by atoms with van der Waals surface area (Å²) in [5.41, 5.74) is 12.4. The number of esters is 1. The predicted octanol–water partition coefficient (Wildman–Crippen LogP) is 3.81. The molecule has 0 unspecified atom stereocenters. The van der Waals surface area contributed by atoms with E-state index in [2.05, 4.69) is 48.0 Å². The monoisotopic (exact) mass is 340 g/mol. The van der Waals surface area contributed by atoms with E-state index in [1.165, 1.54) is 5.56 Å². The Labute approximate surface area is 144 Å². The summed E-state index contributed by atoms with van der Waals surface area (Å²) in [6.45, 7) is 6.51. The van der Waals surface area contributed by atoms with Gasteiger partial charge in [-0.1, -0.05) is 55.9 Å². The second kappa shape index (κ2) is 7.61. The van der Waals surface area contributed by atoms with Crippen molar-refractivity contribution in [1.29, 1.82) is 0 Å². The highest BCUT2D eigenvalue weighted by atomic mass is 28.3. The molecule has 1 aromatic carbocycles. The van der Waals surface area contributed by atoms with E-state index in [0.29, 0.717) is 12.3 Å². The van der Waals surface area contributed by atoms with E-state index in [1.807, 2.05) is 18.2 Å². The molecule has 4 nitrogen and oxygen atoms in total. The lowest BCUT2D eigenvalue weighted by Crippen LogP contribution is -2.39. The van der Waals surface area contributed by atoms with E-state index in [4.69, 9.17) is 10.3 Å². The Bertz CT molecular complexity index is 694. The second-order valence-electron chi connectivity index (χ2n) is 7.36. The van der Waals surface area contributed by atoms with Gasteiger partial charge in [-0.2, -0.15) is 4.79 Å². The van der Waals surface area contributed by atoms with Gasteiger partial charge in [0.05, 0.1) is 0 Å². The molecule has 0 saturated heterocycles. The zero-order chi connectivity index (χ0) is 17.6. The van der Waals surface area contributed by atoms with Gasteiger partial charge in [-0.3, -0.25) is 0 Å². The minimum absolute atomic E-state index is 0.315. The Morgan fingerprint density at radius 3 is 2.71 bits per heavy atom. The van der Waals surface area contributed by atoms with Gasteiger partial charge in [0.15, 0.2) is 5.60 Å². The van der Waals surface area contributed by atoms with Crippen LogP contribution in [0, 0.1) is 11.5 Å². The van der Waals surface area contributed by atoms with E-state index >= 15 is 0 Å². The molecule has 0 spiro atoms. The summed E-state index contributed by atoms with van der Waals surface area (Å²) in [6.07, 6.45) is 4.21. The molecule has 1 saturated carbocycles. The smallest absolute Gasteiger partial charge is 0.415 e. The van der Waals surface area contributed by atoms with Gasteiger partial charge < -0.3 is 10.3 Å². The molecule has 0 N–H and O–H groups in total. The maximum absolute atomic E-state index is 11.9. The van der Waals surface area contributed by atoms with Crippen LogP contribution in [0.3, 0.4) is 0 Å². The Balaban J connectivity index is 2.32. The first kappa shape index (κ1) is 18.2. The molecule has 0 radical (unpaired) electrons. The van der Waals surface area contributed by atoms with Crippen molar-refractivity contribution in [3.8, 4) is 11.5 Å². The van der Waals surface area contributed by atoms with Crippen LogP contribution in [0.1, 0.15) is 37.2 Å². The first-order valence-electron chi connectivity index (χ1n) is 8.33. The minimum Gasteiger partial charge on any atom is -0.437 e. The molecule has 1 aliphatic carbocycles. The lowest BCUT2D eigenvalue weighted by atomic mass is 9.75. The second-order valence-corrected chi connectivity index (χ2v) is 12.1. The third-order valence-corrected chi connectivity index (χ3v) is 4.98. The van der Waals surface area contributed by atoms with Gasteiger partial charge in [-0.25, -0.2) is 4.79 Å². The molecule has 5 heteroatoms. The van der Waals surface area contributed by atoms with E-state index in [9.17, 15) is 4.79 Å². The highest BCUT2D eigenvalue weighted by Crippen LogP contribution is 2.40. The maximum atomic E-state index is 11.9. The first-order valence-corrected chi connectivity index (χ1v) is 11.8. The van der Waals surface area contributed by atoms with Crippen molar-refractivity contribution < 1.29 is 14.3 Å². The highest BCUT2D eigenvalue weighted by Gasteiger charge is 2.39. The molecule has 0 aliphatic heterocycles. The van der Waals surface area contributed by atoms with Crippen LogP contribution in [0.5, 0.6) is 0 Å². The quantitative estimate of drug-likeness (QED) is 0.210. The summed E-state index contributed by atoms with van der Waals surface area (Å²) in [7, 11) is -1.59. The molecule has 2 atom stereocenters. The van der Waals surface area contributed by atoms with Gasteiger partial charge in [0.1, 0.15) is 8.07 Å². The standard InChI is InChI=1S/C19H24N2O2Si/c1-24(2,3)13-12-19(23-18(22)15-21-20)11-7-10-17(14-19)16-8-5-4-6-9-16/h4-6,8-9,15,17H,7,10-11,14H2,1-3H3/t17-,19-/m1/s1. The van der Waals surface area contributed by atoms with Crippen molar-refractivity contribution >= 4 is 20.3 Å². The van der Waals surface area contributed by atoms with Crippen LogP contribution in [0.15, 0.2) is 30.3 Å². The molecule has 24 heavy (non-hydrogen) atoms. The normalized spacial score (nSPS) is 23.4. The molecular weight excluding hydrogens is 316 g/mol. The molecule has 0 bridgehead atoms. The SMILES string of the molecule is C[Si](C)(C)C#C[C@]1(OC(=O)C=[N+]=[N-])CCC[C@@H](c2ccccc2)C1. The molecule has 1 fully saturated rings. The number of nitrogens with zero attached hydrogens (tertiary/aromatic N) is 2. The van der Waals surface area contributed by atoms with Crippen LogP contribution < -0.4 is 0 Å². The van der Waals surface area contributed by atoms with Gasteiger partial charge >= 0.3 is 12.2 Å². The number of hydrogen-bond acceptors (Lipinski definition) is 2. The van der Waals surface area contributed by atoms with E-state index in [0.717, 1.165) is 25.5 Å². The Morgan fingerprint density at radius 2 is 2.08 bits per heavy atom. The molecule has 0 amide bonds. The zero-order valence-electron chi connectivity index (χ0n) is 14.6. The lowest BCUT2D eigenvalue weighted by Gasteiger charge is -2.36. The number of ether oxygens (including phenoxy) is 1. The minimum atomic E-state index is -1.59. The number of benzene rings is 1. The number of rotatable bonds is 3. The fourth-order valence-electron chi connectivity index (χ4n) is 3.05. The third-order valence-electron chi connectivity index (χ3n) is 4.10. The van der Waals surface area contributed by atoms with Crippen molar-refractivity contribution in [2.24, 2.45) is 0 Å². The number of hydrogen-bond donors (Lipinski definition) is 0. The molecule has 0 aromatic heterocycles. The summed E-state index contributed by atoms with van der Waals surface area (Å²) in [4.78, 5) is 14.7. The number of carbonyl (C=O) groups is 1. The Kier molecular flexibility index (Phi) is 5.77. The van der Waals surface area contributed by atoms with Crippen LogP contribution in [0.2, 0.25) is 19.6 Å². The molecule has 0 heterocycles. The average Bonchev–Trinajstić information content (AvgIpc) is 2.54. The Hall–Kier alpha value is -2.15. The third kappa shape index (κ3) is 5.19. The van der Waals surface area contributed by atoms with Crippen LogP contribution in [-0.4, -0.2) is 30.6 Å². The van der Waals surface area contributed by atoms with Crippen molar-refractivity contribution in [3.05, 3.63) is 41.4 Å². The van der Waals surface area contributed by atoms with Crippen molar-refractivity contribution in [2.45, 2.75) is 56.8 Å². The van der Waals surface area contributed by atoms with Crippen molar-refractivity contribution in [2.75, 3.05) is 0 Å². The molecule has 1 aliphatic rings. The summed E-state index contributed by atoms with van der Waals surface area (Å²) in [5.74, 6) is 2.96. The fraction of sp³-hybridized carbons (Fsp3) is 0.474. The van der Waals surface area contributed by atoms with Crippen LogP contribution in [-0.2, 0) is 9.53 Å². The van der Waals surface area contributed by atoms with Crippen LogP contribution >= 0.6 is 0 Å². The van der Waals surface area contributed by atoms with Crippen LogP contribution in [0.4, 0.5) is 0 Å². The highest BCUT2D eigenvalue weighted by molar-refractivity contribution is 6.83. The predicted molar refractivity (Wildman–Crippen MR) is 97.3 cm³/mol. The van der Waals surface area contributed by atoms with Crippen molar-refractivity contribution in [1.82, 2.24) is 0 Å². The molecule has 1 aromatic rings. The van der Waals surface area contributed by atoms with Gasteiger partial charge in [-0.05, 0) is 30.7 Å². The van der Waals surface area contributed by atoms with Gasteiger partial charge in [0.25, 0.3) is 0 Å². The van der Waals surface area contributed by atoms with E-state index in [-0.39, 0.29) is 0 Å².